The summed E-state index contributed by atoms with van der Waals surface area (Å²) in [6.45, 7) is 6.74. The molecular formula is C26H25NO4S. The zero-order valence-corrected chi connectivity index (χ0v) is 19.1. The Morgan fingerprint density at radius 2 is 1.62 bits per heavy atom. The molecule has 3 rings (SSSR count). The summed E-state index contributed by atoms with van der Waals surface area (Å²) in [5, 5.41) is 9.51. The molecule has 5 nitrogen and oxygen atoms in total. The van der Waals surface area contributed by atoms with Gasteiger partial charge in [0.05, 0.1) is 11.5 Å². The molecule has 0 aliphatic rings. The molecule has 32 heavy (non-hydrogen) atoms. The van der Waals surface area contributed by atoms with Crippen molar-refractivity contribution in [3.63, 3.8) is 0 Å². The van der Waals surface area contributed by atoms with Gasteiger partial charge in [-0.3, -0.25) is 0 Å². The zero-order valence-electron chi connectivity index (χ0n) is 18.3. The second kappa shape index (κ2) is 10.2. The molecule has 0 fully saturated rings. The third-order valence-corrected chi connectivity index (χ3v) is 6.38. The molecule has 0 aliphatic heterocycles. The summed E-state index contributed by atoms with van der Waals surface area (Å²) in [5.41, 5.74) is 3.91. The van der Waals surface area contributed by atoms with E-state index >= 15 is 0 Å². The van der Waals surface area contributed by atoms with E-state index in [-0.39, 0.29) is 9.80 Å². The third-order valence-electron chi connectivity index (χ3n) is 4.69. The first-order valence-corrected chi connectivity index (χ1v) is 11.7. The molecule has 0 saturated carbocycles. The monoisotopic (exact) mass is 447 g/mol. The van der Waals surface area contributed by atoms with Crippen LogP contribution in [-0.4, -0.2) is 15.0 Å². The van der Waals surface area contributed by atoms with Crippen LogP contribution >= 0.6 is 0 Å². The fourth-order valence-corrected chi connectivity index (χ4v) is 4.54. The second-order valence-electron chi connectivity index (χ2n) is 7.36. The summed E-state index contributed by atoms with van der Waals surface area (Å²) in [6.07, 6.45) is 1.35. The van der Waals surface area contributed by atoms with Gasteiger partial charge in [-0.1, -0.05) is 53.6 Å². The average Bonchev–Trinajstić information content (AvgIpc) is 2.77. The molecule has 0 amide bonds. The van der Waals surface area contributed by atoms with Gasteiger partial charge in [0.15, 0.2) is 11.5 Å². The van der Waals surface area contributed by atoms with Crippen molar-refractivity contribution in [1.82, 2.24) is 0 Å². The van der Waals surface area contributed by atoms with Crippen molar-refractivity contribution in [3.05, 3.63) is 93.9 Å². The SMILES string of the molecule is CCOc1cc(C=C(C#N)S(=O)(=O)c2ccccc2)ccc1OCc1cc(C)cc(C)c1. The predicted octanol–water partition coefficient (Wildman–Crippen LogP) is 5.62. The Balaban J connectivity index is 1.90. The van der Waals surface area contributed by atoms with Crippen molar-refractivity contribution in [2.45, 2.75) is 32.3 Å². The zero-order chi connectivity index (χ0) is 23.1. The molecule has 0 aliphatic carbocycles. The molecule has 164 valence electrons. The van der Waals surface area contributed by atoms with Gasteiger partial charge in [0, 0.05) is 0 Å². The first-order valence-electron chi connectivity index (χ1n) is 10.2. The summed E-state index contributed by atoms with van der Waals surface area (Å²) in [6, 6.07) is 21.1. The minimum atomic E-state index is -3.91. The molecular weight excluding hydrogens is 422 g/mol. The lowest BCUT2D eigenvalue weighted by molar-refractivity contribution is 0.269. The number of nitriles is 1. The molecule has 3 aromatic carbocycles. The van der Waals surface area contributed by atoms with Gasteiger partial charge in [-0.25, -0.2) is 8.42 Å². The minimum absolute atomic E-state index is 0.0752. The van der Waals surface area contributed by atoms with Crippen LogP contribution in [0.15, 0.2) is 76.5 Å². The Morgan fingerprint density at radius 3 is 2.25 bits per heavy atom. The highest BCUT2D eigenvalue weighted by Crippen LogP contribution is 2.31. The molecule has 0 aromatic heterocycles. The predicted molar refractivity (Wildman–Crippen MR) is 125 cm³/mol. The van der Waals surface area contributed by atoms with E-state index in [2.05, 4.69) is 18.2 Å². The Labute approximate surface area is 189 Å². The van der Waals surface area contributed by atoms with Crippen molar-refractivity contribution < 1.29 is 17.9 Å². The van der Waals surface area contributed by atoms with Crippen LogP contribution in [0.2, 0.25) is 0 Å². The smallest absolute Gasteiger partial charge is 0.216 e. The van der Waals surface area contributed by atoms with E-state index in [9.17, 15) is 13.7 Å². The topological polar surface area (TPSA) is 76.4 Å². The van der Waals surface area contributed by atoms with Gasteiger partial charge in [-0.05, 0) is 62.2 Å². The molecule has 0 atom stereocenters. The standard InChI is InChI=1S/C26H25NO4S/c1-4-30-26-16-21(15-24(17-27)32(28,29)23-8-6-5-7-9-23)10-11-25(26)31-18-22-13-19(2)12-20(3)14-22/h5-16H,4,18H2,1-3H3. The Bertz CT molecular complexity index is 1250. The second-order valence-corrected chi connectivity index (χ2v) is 9.28. The summed E-state index contributed by atoms with van der Waals surface area (Å²) in [7, 11) is -3.91. The average molecular weight is 448 g/mol. The van der Waals surface area contributed by atoms with Crippen LogP contribution in [-0.2, 0) is 16.4 Å². The minimum Gasteiger partial charge on any atom is -0.490 e. The first-order chi connectivity index (χ1) is 15.3. The number of benzene rings is 3. The third kappa shape index (κ3) is 5.57. The lowest BCUT2D eigenvalue weighted by Gasteiger charge is -2.13. The maximum atomic E-state index is 12.8. The summed E-state index contributed by atoms with van der Waals surface area (Å²) in [4.78, 5) is -0.263. The molecule has 0 spiro atoms. The van der Waals surface area contributed by atoms with Crippen LogP contribution in [0.25, 0.3) is 6.08 Å². The van der Waals surface area contributed by atoms with E-state index in [1.807, 2.05) is 26.8 Å². The molecule has 0 radical (unpaired) electrons. The fourth-order valence-electron chi connectivity index (χ4n) is 3.36. The maximum absolute atomic E-state index is 12.8. The highest BCUT2D eigenvalue weighted by atomic mass is 32.2. The maximum Gasteiger partial charge on any atom is 0.216 e. The van der Waals surface area contributed by atoms with Crippen LogP contribution in [0.5, 0.6) is 11.5 Å². The Kier molecular flexibility index (Phi) is 7.34. The number of hydrogen-bond acceptors (Lipinski definition) is 5. The van der Waals surface area contributed by atoms with E-state index in [0.29, 0.717) is 30.3 Å². The summed E-state index contributed by atoms with van der Waals surface area (Å²) in [5.74, 6) is 1.03. The number of rotatable bonds is 8. The summed E-state index contributed by atoms with van der Waals surface area (Å²) >= 11 is 0. The molecule has 0 N–H and O–H groups in total. The molecule has 0 heterocycles. The fraction of sp³-hybridized carbons (Fsp3) is 0.192. The molecule has 0 unspecified atom stereocenters. The summed E-state index contributed by atoms with van der Waals surface area (Å²) < 4.78 is 37.3. The lowest BCUT2D eigenvalue weighted by atomic mass is 10.1. The van der Waals surface area contributed by atoms with Gasteiger partial charge < -0.3 is 9.47 Å². The van der Waals surface area contributed by atoms with Crippen molar-refractivity contribution in [3.8, 4) is 17.6 Å². The van der Waals surface area contributed by atoms with Crippen LogP contribution in [0.4, 0.5) is 0 Å². The lowest BCUT2D eigenvalue weighted by Crippen LogP contribution is -2.03. The molecule has 0 saturated heterocycles. The van der Waals surface area contributed by atoms with Crippen LogP contribution in [0.3, 0.4) is 0 Å². The van der Waals surface area contributed by atoms with Crippen LogP contribution in [0, 0.1) is 25.2 Å². The number of sulfone groups is 1. The number of aryl methyl sites for hydroxylation is 2. The van der Waals surface area contributed by atoms with E-state index in [1.165, 1.54) is 18.2 Å². The Hall–Kier alpha value is -3.56. The number of nitrogens with zero attached hydrogens (tertiary/aromatic N) is 1. The number of ether oxygens (including phenoxy) is 2. The van der Waals surface area contributed by atoms with E-state index < -0.39 is 9.84 Å². The largest absolute Gasteiger partial charge is 0.490 e. The van der Waals surface area contributed by atoms with Gasteiger partial charge in [0.2, 0.25) is 9.84 Å². The quantitative estimate of drug-likeness (QED) is 0.419. The van der Waals surface area contributed by atoms with E-state index in [4.69, 9.17) is 9.47 Å². The highest BCUT2D eigenvalue weighted by Gasteiger charge is 2.20. The molecule has 3 aromatic rings. The van der Waals surface area contributed by atoms with Crippen molar-refractivity contribution >= 4 is 15.9 Å². The van der Waals surface area contributed by atoms with Gasteiger partial charge in [-0.15, -0.1) is 0 Å². The van der Waals surface area contributed by atoms with Crippen LogP contribution < -0.4 is 9.47 Å². The van der Waals surface area contributed by atoms with Gasteiger partial charge >= 0.3 is 0 Å². The van der Waals surface area contributed by atoms with E-state index in [1.54, 1.807) is 36.4 Å². The van der Waals surface area contributed by atoms with Gasteiger partial charge in [-0.2, -0.15) is 5.26 Å². The normalized spacial score (nSPS) is 11.6. The van der Waals surface area contributed by atoms with Crippen molar-refractivity contribution in [2.24, 2.45) is 0 Å². The van der Waals surface area contributed by atoms with Crippen LogP contribution in [0.1, 0.15) is 29.2 Å². The van der Waals surface area contributed by atoms with Crippen molar-refractivity contribution in [2.75, 3.05) is 6.61 Å². The number of allylic oxidation sites excluding steroid dienone is 1. The molecule has 6 heteroatoms. The Morgan fingerprint density at radius 1 is 0.938 bits per heavy atom. The highest BCUT2D eigenvalue weighted by molar-refractivity contribution is 7.95. The van der Waals surface area contributed by atoms with E-state index in [0.717, 1.165) is 16.7 Å². The number of hydrogen-bond donors (Lipinski definition) is 0. The molecule has 0 bridgehead atoms. The van der Waals surface area contributed by atoms with Crippen molar-refractivity contribution in [1.29, 1.82) is 5.26 Å². The van der Waals surface area contributed by atoms with Gasteiger partial charge in [0.1, 0.15) is 17.6 Å². The van der Waals surface area contributed by atoms with Gasteiger partial charge in [0.25, 0.3) is 0 Å². The first kappa shape index (κ1) is 23.1.